The normalized spacial score (nSPS) is 10.4. The summed E-state index contributed by atoms with van der Waals surface area (Å²) in [4.78, 5) is 16.3. The maximum Gasteiger partial charge on any atom is 0.335 e. The van der Waals surface area contributed by atoms with E-state index in [2.05, 4.69) is 29.2 Å². The summed E-state index contributed by atoms with van der Waals surface area (Å²) >= 11 is 3.25. The van der Waals surface area contributed by atoms with Gasteiger partial charge in [-0.1, -0.05) is 12.1 Å². The number of thioether (sulfide) groups is 2. The van der Waals surface area contributed by atoms with Crippen molar-refractivity contribution in [3.8, 4) is 0 Å². The van der Waals surface area contributed by atoms with Gasteiger partial charge < -0.3 is 5.11 Å². The average molecular weight is 291 g/mol. The number of rotatable bonds is 5. The third-order valence-electron chi connectivity index (χ3n) is 2.53. The van der Waals surface area contributed by atoms with Crippen molar-refractivity contribution in [3.05, 3.63) is 53.7 Å². The lowest BCUT2D eigenvalue weighted by Crippen LogP contribution is -1.96. The Morgan fingerprint density at radius 1 is 1.26 bits per heavy atom. The van der Waals surface area contributed by atoms with Crippen LogP contribution in [0.5, 0.6) is 0 Å². The zero-order valence-corrected chi connectivity index (χ0v) is 12.0. The second-order valence-corrected chi connectivity index (χ2v) is 5.70. The Bertz CT molecular complexity index is 570. The lowest BCUT2D eigenvalue weighted by Gasteiger charge is -2.03. The van der Waals surface area contributed by atoms with Crippen LogP contribution in [0.2, 0.25) is 0 Å². The Morgan fingerprint density at radius 3 is 2.63 bits per heavy atom. The maximum atomic E-state index is 10.9. The number of aromatic carboxylic acids is 1. The molecule has 0 aliphatic rings. The second kappa shape index (κ2) is 6.63. The average Bonchev–Trinajstić information content (AvgIpc) is 2.46. The highest BCUT2D eigenvalue weighted by atomic mass is 32.2. The minimum Gasteiger partial charge on any atom is -0.478 e. The largest absolute Gasteiger partial charge is 0.478 e. The van der Waals surface area contributed by atoms with Crippen LogP contribution in [0.4, 0.5) is 0 Å². The van der Waals surface area contributed by atoms with Crippen molar-refractivity contribution >= 4 is 29.5 Å². The van der Waals surface area contributed by atoms with E-state index >= 15 is 0 Å². The fourth-order valence-electron chi connectivity index (χ4n) is 1.50. The molecule has 1 aromatic carbocycles. The fraction of sp³-hybridized carbons (Fsp3) is 0.143. The van der Waals surface area contributed by atoms with Crippen molar-refractivity contribution in [1.82, 2.24) is 4.98 Å². The molecule has 0 aliphatic heterocycles. The quantitative estimate of drug-likeness (QED) is 0.849. The zero-order chi connectivity index (χ0) is 13.7. The molecule has 0 radical (unpaired) electrons. The topological polar surface area (TPSA) is 50.2 Å². The van der Waals surface area contributed by atoms with E-state index in [9.17, 15) is 4.79 Å². The molecule has 19 heavy (non-hydrogen) atoms. The number of carbonyl (C=O) groups is 1. The minimum absolute atomic E-state index is 0.273. The number of carboxylic acids is 1. The molecule has 0 aliphatic carbocycles. The van der Waals surface area contributed by atoms with E-state index in [4.69, 9.17) is 5.11 Å². The summed E-state index contributed by atoms with van der Waals surface area (Å²) in [5, 5.41) is 9.64. The number of pyridine rings is 1. The van der Waals surface area contributed by atoms with Gasteiger partial charge in [0.25, 0.3) is 0 Å². The number of hydrogen-bond donors (Lipinski definition) is 1. The van der Waals surface area contributed by atoms with Crippen molar-refractivity contribution < 1.29 is 9.90 Å². The summed E-state index contributed by atoms with van der Waals surface area (Å²) in [6.45, 7) is 0. The van der Waals surface area contributed by atoms with Gasteiger partial charge in [0.15, 0.2) is 0 Å². The van der Waals surface area contributed by atoms with Crippen LogP contribution in [0.25, 0.3) is 0 Å². The van der Waals surface area contributed by atoms with Crippen LogP contribution < -0.4 is 0 Å². The molecule has 0 spiro atoms. The van der Waals surface area contributed by atoms with Gasteiger partial charge in [-0.05, 0) is 36.1 Å². The Kier molecular flexibility index (Phi) is 4.87. The molecule has 2 rings (SSSR count). The molecule has 0 amide bonds. The lowest BCUT2D eigenvalue weighted by molar-refractivity contribution is 0.0696. The number of nitrogens with zero attached hydrogens (tertiary/aromatic N) is 1. The molecular weight excluding hydrogens is 278 g/mol. The maximum absolute atomic E-state index is 10.9. The molecule has 0 atom stereocenters. The molecule has 0 unspecified atom stereocenters. The molecular formula is C14H13NO2S2. The third-order valence-corrected chi connectivity index (χ3v) is 4.27. The van der Waals surface area contributed by atoms with Crippen LogP contribution in [0.3, 0.4) is 0 Å². The van der Waals surface area contributed by atoms with Crippen molar-refractivity contribution in [2.45, 2.75) is 15.7 Å². The van der Waals surface area contributed by atoms with E-state index in [1.165, 1.54) is 34.5 Å². The SMILES string of the molecule is CSc1ccc(CSc2cc(C(=O)O)ccn2)cc1. The minimum atomic E-state index is -0.923. The van der Waals surface area contributed by atoms with Crippen molar-refractivity contribution in [2.75, 3.05) is 6.26 Å². The summed E-state index contributed by atoms with van der Waals surface area (Å²) < 4.78 is 0. The molecule has 0 fully saturated rings. The molecule has 98 valence electrons. The highest BCUT2D eigenvalue weighted by molar-refractivity contribution is 7.98. The number of carboxylic acid groups (broad SMARTS) is 1. The van der Waals surface area contributed by atoms with Crippen LogP contribution in [0.15, 0.2) is 52.5 Å². The summed E-state index contributed by atoms with van der Waals surface area (Å²) in [5.74, 6) is -0.140. The third kappa shape index (κ3) is 4.01. The standard InChI is InChI=1S/C14H13NO2S2/c1-18-12-4-2-10(3-5-12)9-19-13-8-11(14(16)17)6-7-15-13/h2-8H,9H2,1H3,(H,16,17). The summed E-state index contributed by atoms with van der Waals surface area (Å²) in [5.41, 5.74) is 1.47. The molecule has 1 heterocycles. The summed E-state index contributed by atoms with van der Waals surface area (Å²) in [7, 11) is 0. The Morgan fingerprint density at radius 2 is 2.00 bits per heavy atom. The van der Waals surface area contributed by atoms with Gasteiger partial charge in [-0.15, -0.1) is 23.5 Å². The van der Waals surface area contributed by atoms with E-state index in [1.54, 1.807) is 17.8 Å². The van der Waals surface area contributed by atoms with Crippen LogP contribution in [-0.4, -0.2) is 22.3 Å². The monoisotopic (exact) mass is 291 g/mol. The van der Waals surface area contributed by atoms with Crippen LogP contribution >= 0.6 is 23.5 Å². The Balaban J connectivity index is 2.01. The van der Waals surface area contributed by atoms with Gasteiger partial charge in [-0.3, -0.25) is 0 Å². The summed E-state index contributed by atoms with van der Waals surface area (Å²) in [6.07, 6.45) is 3.58. The second-order valence-electron chi connectivity index (χ2n) is 3.82. The highest BCUT2D eigenvalue weighted by Gasteiger charge is 2.05. The molecule has 0 saturated heterocycles. The van der Waals surface area contributed by atoms with E-state index in [0.29, 0.717) is 0 Å². The van der Waals surface area contributed by atoms with E-state index in [1.807, 2.05) is 6.26 Å². The summed E-state index contributed by atoms with van der Waals surface area (Å²) in [6, 6.07) is 11.4. The molecule has 3 nitrogen and oxygen atoms in total. The van der Waals surface area contributed by atoms with Crippen LogP contribution in [0.1, 0.15) is 15.9 Å². The molecule has 0 bridgehead atoms. The molecule has 1 aromatic heterocycles. The van der Waals surface area contributed by atoms with Crippen LogP contribution in [0, 0.1) is 0 Å². The first-order chi connectivity index (χ1) is 9.19. The number of hydrogen-bond acceptors (Lipinski definition) is 4. The van der Waals surface area contributed by atoms with Gasteiger partial charge in [-0.25, -0.2) is 9.78 Å². The zero-order valence-electron chi connectivity index (χ0n) is 10.4. The molecule has 2 aromatic rings. The molecule has 1 N–H and O–H groups in total. The smallest absolute Gasteiger partial charge is 0.335 e. The lowest BCUT2D eigenvalue weighted by atomic mass is 10.2. The van der Waals surface area contributed by atoms with Gasteiger partial charge >= 0.3 is 5.97 Å². The van der Waals surface area contributed by atoms with Crippen molar-refractivity contribution in [2.24, 2.45) is 0 Å². The van der Waals surface area contributed by atoms with Gasteiger partial charge in [0.2, 0.25) is 0 Å². The van der Waals surface area contributed by atoms with Gasteiger partial charge in [0, 0.05) is 16.8 Å². The first-order valence-electron chi connectivity index (χ1n) is 5.64. The molecule has 5 heteroatoms. The first kappa shape index (κ1) is 14.0. The van der Waals surface area contributed by atoms with Crippen molar-refractivity contribution in [3.63, 3.8) is 0 Å². The van der Waals surface area contributed by atoms with Gasteiger partial charge in [0.1, 0.15) is 0 Å². The number of benzene rings is 1. The fourth-order valence-corrected chi connectivity index (χ4v) is 2.76. The van der Waals surface area contributed by atoms with Crippen molar-refractivity contribution in [1.29, 1.82) is 0 Å². The highest BCUT2D eigenvalue weighted by Crippen LogP contribution is 2.23. The van der Waals surface area contributed by atoms with Gasteiger partial charge in [-0.2, -0.15) is 0 Å². The number of aromatic nitrogens is 1. The predicted molar refractivity (Wildman–Crippen MR) is 79.0 cm³/mol. The Labute approximate surface area is 120 Å². The molecule has 0 saturated carbocycles. The first-order valence-corrected chi connectivity index (χ1v) is 7.85. The van der Waals surface area contributed by atoms with E-state index in [0.717, 1.165) is 10.8 Å². The van der Waals surface area contributed by atoms with Crippen LogP contribution in [-0.2, 0) is 5.75 Å². The Hall–Kier alpha value is -1.46. The van der Waals surface area contributed by atoms with E-state index < -0.39 is 5.97 Å². The van der Waals surface area contributed by atoms with E-state index in [-0.39, 0.29) is 5.56 Å². The predicted octanol–water partition coefficient (Wildman–Crippen LogP) is 3.79. The van der Waals surface area contributed by atoms with Gasteiger partial charge in [0.05, 0.1) is 10.6 Å².